The van der Waals surface area contributed by atoms with Crippen molar-refractivity contribution in [3.8, 4) is 0 Å². The number of fused-ring (bicyclic) bond motifs is 1. The van der Waals surface area contributed by atoms with Gasteiger partial charge in [0.1, 0.15) is 0 Å². The van der Waals surface area contributed by atoms with Gasteiger partial charge in [0.25, 0.3) is 0 Å². The summed E-state index contributed by atoms with van der Waals surface area (Å²) in [6.07, 6.45) is 0. The van der Waals surface area contributed by atoms with Crippen molar-refractivity contribution in [3.05, 3.63) is 37.0 Å². The van der Waals surface area contributed by atoms with Crippen LogP contribution in [0, 0.1) is 19.5 Å². The molecule has 0 unspecified atom stereocenters. The Morgan fingerprint density at radius 3 is 2.93 bits per heavy atom. The van der Waals surface area contributed by atoms with E-state index >= 15 is 0 Å². The maximum absolute atomic E-state index is 13.4. The number of hydrogen-bond acceptors (Lipinski definition) is 3. The first-order chi connectivity index (χ1) is 6.61. The number of benzene rings is 1. The molecular weight excluding hydrogens is 320 g/mol. The van der Waals surface area contributed by atoms with Crippen LogP contribution in [0.2, 0.25) is 0 Å². The second-order valence-electron chi connectivity index (χ2n) is 2.62. The summed E-state index contributed by atoms with van der Waals surface area (Å²) < 4.78 is 14.5. The van der Waals surface area contributed by atoms with Gasteiger partial charge in [0.05, 0.1) is 13.2 Å². The third kappa shape index (κ3) is 1.38. The molecule has 2 aromatic rings. The Morgan fingerprint density at radius 2 is 2.29 bits per heavy atom. The van der Waals surface area contributed by atoms with E-state index in [2.05, 4.69) is 0 Å². The number of nitrogens with zero attached hydrogens (tertiary/aromatic N) is 1. The molecule has 0 spiro atoms. The zero-order valence-corrected chi connectivity index (χ0v) is 9.63. The molecular formula is C8H3FINO2S. The normalized spacial score (nSPS) is 10.7. The summed E-state index contributed by atoms with van der Waals surface area (Å²) in [4.78, 5) is 9.81. The fourth-order valence-corrected chi connectivity index (χ4v) is 2.94. The molecule has 3 nitrogen and oxygen atoms in total. The molecule has 14 heavy (non-hydrogen) atoms. The number of nitro benzene ring substituents is 1. The van der Waals surface area contributed by atoms with Gasteiger partial charge in [-0.05, 0) is 34.0 Å². The van der Waals surface area contributed by atoms with Crippen LogP contribution in [-0.2, 0) is 0 Å². The highest BCUT2D eigenvalue weighted by Gasteiger charge is 2.20. The van der Waals surface area contributed by atoms with E-state index in [0.29, 0.717) is 8.96 Å². The van der Waals surface area contributed by atoms with E-state index in [1.807, 2.05) is 0 Å². The lowest BCUT2D eigenvalue weighted by molar-refractivity contribution is -0.387. The lowest BCUT2D eigenvalue weighted by Crippen LogP contribution is -1.94. The topological polar surface area (TPSA) is 43.1 Å². The van der Waals surface area contributed by atoms with Gasteiger partial charge in [-0.1, -0.05) is 0 Å². The predicted octanol–water partition coefficient (Wildman–Crippen LogP) is 3.55. The van der Waals surface area contributed by atoms with Crippen molar-refractivity contribution in [1.82, 2.24) is 0 Å². The Labute approximate surface area is 95.8 Å². The van der Waals surface area contributed by atoms with E-state index in [1.165, 1.54) is 17.4 Å². The van der Waals surface area contributed by atoms with Gasteiger partial charge in [-0.15, -0.1) is 11.3 Å². The predicted molar refractivity (Wildman–Crippen MR) is 61.2 cm³/mol. The Balaban J connectivity index is 2.87. The summed E-state index contributed by atoms with van der Waals surface area (Å²) in [5, 5.41) is 13.0. The molecule has 0 aliphatic carbocycles. The third-order valence-electron chi connectivity index (χ3n) is 1.80. The van der Waals surface area contributed by atoms with Crippen LogP contribution in [0.5, 0.6) is 0 Å². The van der Waals surface area contributed by atoms with Gasteiger partial charge in [-0.2, -0.15) is 4.39 Å². The fourth-order valence-electron chi connectivity index (χ4n) is 1.17. The number of nitro groups is 1. The lowest BCUT2D eigenvalue weighted by Gasteiger charge is -1.98. The minimum atomic E-state index is -0.745. The van der Waals surface area contributed by atoms with Crippen LogP contribution in [0.3, 0.4) is 0 Å². The van der Waals surface area contributed by atoms with Crippen molar-refractivity contribution < 1.29 is 9.31 Å². The lowest BCUT2D eigenvalue weighted by atomic mass is 10.2. The highest BCUT2D eigenvalue weighted by molar-refractivity contribution is 14.1. The zero-order chi connectivity index (χ0) is 10.3. The first-order valence-electron chi connectivity index (χ1n) is 3.61. The summed E-state index contributed by atoms with van der Waals surface area (Å²) in [7, 11) is 0. The molecule has 6 heteroatoms. The molecule has 0 aliphatic rings. The molecule has 0 atom stereocenters. The Hall–Kier alpha value is -0.760. The average Bonchev–Trinajstić information content (AvgIpc) is 2.58. The molecule has 0 saturated carbocycles. The van der Waals surface area contributed by atoms with Gasteiger partial charge < -0.3 is 0 Å². The summed E-state index contributed by atoms with van der Waals surface area (Å²) in [5.74, 6) is -0.745. The molecule has 2 rings (SSSR count). The SMILES string of the molecule is O=[N+]([O-])c1cc2ccsc2c(I)c1F. The van der Waals surface area contributed by atoms with Crippen LogP contribution >= 0.6 is 33.9 Å². The standard InChI is InChI=1S/C8H3FINO2S/c9-6-5(11(12)13)3-4-1-2-14-8(4)7(6)10/h1-3H. The molecule has 0 aliphatic heterocycles. The van der Waals surface area contributed by atoms with Crippen molar-refractivity contribution in [2.24, 2.45) is 0 Å². The van der Waals surface area contributed by atoms with Crippen LogP contribution in [0.15, 0.2) is 17.5 Å². The maximum atomic E-state index is 13.4. The molecule has 1 aromatic heterocycles. The number of rotatable bonds is 1. The molecule has 0 bridgehead atoms. The summed E-state index contributed by atoms with van der Waals surface area (Å²) in [6.45, 7) is 0. The van der Waals surface area contributed by atoms with Gasteiger partial charge >= 0.3 is 5.69 Å². The highest BCUT2D eigenvalue weighted by atomic mass is 127. The first kappa shape index (κ1) is 9.78. The largest absolute Gasteiger partial charge is 0.306 e. The molecule has 0 N–H and O–H groups in total. The van der Waals surface area contributed by atoms with Gasteiger partial charge in [-0.25, -0.2) is 0 Å². The smallest absolute Gasteiger partial charge is 0.258 e. The van der Waals surface area contributed by atoms with Crippen molar-refractivity contribution >= 4 is 49.7 Å². The van der Waals surface area contributed by atoms with Crippen LogP contribution in [0.25, 0.3) is 10.1 Å². The summed E-state index contributed by atoms with van der Waals surface area (Å²) in [5.41, 5.74) is -0.458. The fraction of sp³-hybridized carbons (Fsp3) is 0. The van der Waals surface area contributed by atoms with Gasteiger partial charge in [-0.3, -0.25) is 10.1 Å². The third-order valence-corrected chi connectivity index (χ3v) is 4.13. The Kier molecular flexibility index (Phi) is 2.40. The van der Waals surface area contributed by atoms with Crippen LogP contribution in [0.1, 0.15) is 0 Å². The average molecular weight is 323 g/mol. The number of hydrogen-bond donors (Lipinski definition) is 0. The van der Waals surface area contributed by atoms with E-state index in [4.69, 9.17) is 0 Å². The van der Waals surface area contributed by atoms with Crippen molar-refractivity contribution in [1.29, 1.82) is 0 Å². The summed E-state index contributed by atoms with van der Waals surface area (Å²) in [6, 6.07) is 3.01. The van der Waals surface area contributed by atoms with Crippen molar-refractivity contribution in [3.63, 3.8) is 0 Å². The first-order valence-corrected chi connectivity index (χ1v) is 5.56. The van der Waals surface area contributed by atoms with Crippen molar-refractivity contribution in [2.45, 2.75) is 0 Å². The van der Waals surface area contributed by atoms with Crippen molar-refractivity contribution in [2.75, 3.05) is 0 Å². The van der Waals surface area contributed by atoms with E-state index < -0.39 is 16.4 Å². The Bertz CT molecular complexity index is 525. The molecule has 0 radical (unpaired) electrons. The van der Waals surface area contributed by atoms with Gasteiger partial charge in [0.2, 0.25) is 5.82 Å². The minimum absolute atomic E-state index is 0.321. The summed E-state index contributed by atoms with van der Waals surface area (Å²) >= 11 is 3.17. The molecule has 72 valence electrons. The van der Waals surface area contributed by atoms with E-state index in [1.54, 1.807) is 34.0 Å². The Morgan fingerprint density at radius 1 is 1.57 bits per heavy atom. The van der Waals surface area contributed by atoms with E-state index in [9.17, 15) is 14.5 Å². The molecule has 0 saturated heterocycles. The number of halogens is 2. The molecule has 1 aromatic carbocycles. The van der Waals surface area contributed by atoms with Gasteiger partial charge in [0.15, 0.2) is 0 Å². The van der Waals surface area contributed by atoms with Crippen LogP contribution < -0.4 is 0 Å². The van der Waals surface area contributed by atoms with E-state index in [-0.39, 0.29) is 0 Å². The maximum Gasteiger partial charge on any atom is 0.306 e. The highest BCUT2D eigenvalue weighted by Crippen LogP contribution is 2.33. The van der Waals surface area contributed by atoms with Crippen LogP contribution in [0.4, 0.5) is 10.1 Å². The quantitative estimate of drug-likeness (QED) is 0.458. The van der Waals surface area contributed by atoms with Crippen LogP contribution in [-0.4, -0.2) is 4.92 Å². The zero-order valence-electron chi connectivity index (χ0n) is 6.66. The minimum Gasteiger partial charge on any atom is -0.258 e. The second kappa shape index (κ2) is 3.43. The molecule has 0 fully saturated rings. The monoisotopic (exact) mass is 323 g/mol. The molecule has 1 heterocycles. The van der Waals surface area contributed by atoms with E-state index in [0.717, 1.165) is 4.70 Å². The number of thiophene rings is 1. The second-order valence-corrected chi connectivity index (χ2v) is 4.61. The van der Waals surface area contributed by atoms with Gasteiger partial charge in [0, 0.05) is 11.5 Å². The molecule has 0 amide bonds.